The highest BCUT2D eigenvalue weighted by molar-refractivity contribution is 5.94. The molecule has 1 rings (SSSR count). The topological polar surface area (TPSA) is 55.1 Å². The van der Waals surface area contributed by atoms with E-state index in [2.05, 4.69) is 5.32 Å². The quantitative estimate of drug-likeness (QED) is 0.828. The van der Waals surface area contributed by atoms with Crippen LogP contribution in [0.15, 0.2) is 18.2 Å². The fourth-order valence-electron chi connectivity index (χ4n) is 1.26. The van der Waals surface area contributed by atoms with E-state index in [-0.39, 0.29) is 5.69 Å². The summed E-state index contributed by atoms with van der Waals surface area (Å²) in [5, 5.41) is 2.26. The summed E-state index contributed by atoms with van der Waals surface area (Å²) in [7, 11) is 0. The van der Waals surface area contributed by atoms with Gasteiger partial charge >= 0.3 is 0 Å². The molecule has 0 aliphatic rings. The zero-order valence-electron chi connectivity index (χ0n) is 8.97. The lowest BCUT2D eigenvalue weighted by atomic mass is 10.1. The summed E-state index contributed by atoms with van der Waals surface area (Å²) < 4.78 is 26.0. The third-order valence-corrected chi connectivity index (χ3v) is 2.12. The van der Waals surface area contributed by atoms with Crippen LogP contribution in [0.4, 0.5) is 14.5 Å². The Morgan fingerprint density at radius 1 is 1.50 bits per heavy atom. The van der Waals surface area contributed by atoms with E-state index < -0.39 is 23.6 Å². The van der Waals surface area contributed by atoms with E-state index in [0.29, 0.717) is 6.42 Å². The van der Waals surface area contributed by atoms with Crippen LogP contribution in [-0.2, 0) is 4.79 Å². The maximum atomic E-state index is 13.2. The van der Waals surface area contributed by atoms with Gasteiger partial charge in [0.05, 0.1) is 11.7 Å². The molecule has 0 aromatic heterocycles. The standard InChI is InChI=1S/C11H14F2N2O/c1-2-3-9(14)11(16)15-10-6-7(12)4-5-8(10)13/h4-6,9H,2-3,14H2,1H3,(H,15,16)/t9-/m1/s1. The zero-order chi connectivity index (χ0) is 12.1. The van der Waals surface area contributed by atoms with Gasteiger partial charge in [-0.1, -0.05) is 13.3 Å². The molecule has 5 heteroatoms. The summed E-state index contributed by atoms with van der Waals surface area (Å²) in [5.41, 5.74) is 5.35. The van der Waals surface area contributed by atoms with Crippen LogP contribution >= 0.6 is 0 Å². The third kappa shape index (κ3) is 3.27. The molecule has 0 heterocycles. The number of nitrogens with two attached hydrogens (primary N) is 1. The van der Waals surface area contributed by atoms with Crippen molar-refractivity contribution in [3.05, 3.63) is 29.8 Å². The fourth-order valence-corrected chi connectivity index (χ4v) is 1.26. The summed E-state index contributed by atoms with van der Waals surface area (Å²) in [4.78, 5) is 11.4. The highest BCUT2D eigenvalue weighted by Gasteiger charge is 2.14. The highest BCUT2D eigenvalue weighted by atomic mass is 19.1. The van der Waals surface area contributed by atoms with E-state index in [1.807, 2.05) is 6.92 Å². The maximum absolute atomic E-state index is 13.2. The van der Waals surface area contributed by atoms with E-state index >= 15 is 0 Å². The van der Waals surface area contributed by atoms with Crippen molar-refractivity contribution in [1.29, 1.82) is 0 Å². The van der Waals surface area contributed by atoms with Crippen LogP contribution < -0.4 is 11.1 Å². The molecule has 0 fully saturated rings. The molecule has 0 saturated carbocycles. The summed E-state index contributed by atoms with van der Waals surface area (Å²) in [6.45, 7) is 1.88. The predicted molar refractivity (Wildman–Crippen MR) is 57.9 cm³/mol. The Labute approximate surface area is 92.6 Å². The first-order valence-corrected chi connectivity index (χ1v) is 5.06. The molecule has 3 nitrogen and oxygen atoms in total. The first kappa shape index (κ1) is 12.6. The van der Waals surface area contributed by atoms with Crippen molar-refractivity contribution < 1.29 is 13.6 Å². The first-order valence-electron chi connectivity index (χ1n) is 5.06. The van der Waals surface area contributed by atoms with Crippen molar-refractivity contribution >= 4 is 11.6 Å². The molecule has 1 amide bonds. The van der Waals surface area contributed by atoms with E-state index in [4.69, 9.17) is 5.73 Å². The van der Waals surface area contributed by atoms with Crippen LogP contribution in [0.1, 0.15) is 19.8 Å². The van der Waals surface area contributed by atoms with Crippen molar-refractivity contribution in [1.82, 2.24) is 0 Å². The second kappa shape index (κ2) is 5.55. The molecule has 0 radical (unpaired) electrons. The van der Waals surface area contributed by atoms with E-state index in [0.717, 1.165) is 24.6 Å². The largest absolute Gasteiger partial charge is 0.322 e. The van der Waals surface area contributed by atoms with Crippen molar-refractivity contribution in [3.63, 3.8) is 0 Å². The number of hydrogen-bond donors (Lipinski definition) is 2. The second-order valence-electron chi connectivity index (χ2n) is 3.51. The minimum absolute atomic E-state index is 0.184. The Morgan fingerprint density at radius 2 is 2.19 bits per heavy atom. The van der Waals surface area contributed by atoms with Gasteiger partial charge < -0.3 is 11.1 Å². The first-order chi connectivity index (χ1) is 7.54. The van der Waals surface area contributed by atoms with Gasteiger partial charge in [-0.25, -0.2) is 8.78 Å². The number of halogens is 2. The molecule has 0 saturated heterocycles. The number of amides is 1. The second-order valence-corrected chi connectivity index (χ2v) is 3.51. The predicted octanol–water partition coefficient (Wildman–Crippen LogP) is 2.03. The normalized spacial score (nSPS) is 12.2. The van der Waals surface area contributed by atoms with Gasteiger partial charge in [-0.05, 0) is 18.6 Å². The fraction of sp³-hybridized carbons (Fsp3) is 0.364. The van der Waals surface area contributed by atoms with Gasteiger partial charge in [-0.3, -0.25) is 4.79 Å². The van der Waals surface area contributed by atoms with Gasteiger partial charge in [0.2, 0.25) is 5.91 Å². The number of rotatable bonds is 4. The van der Waals surface area contributed by atoms with Crippen LogP contribution in [0, 0.1) is 11.6 Å². The summed E-state index contributed by atoms with van der Waals surface area (Å²) >= 11 is 0. The van der Waals surface area contributed by atoms with Crippen molar-refractivity contribution in [2.75, 3.05) is 5.32 Å². The molecule has 1 atom stereocenters. The summed E-state index contributed by atoms with van der Waals surface area (Å²) in [6, 6.07) is 2.16. The minimum atomic E-state index is -0.701. The lowest BCUT2D eigenvalue weighted by Gasteiger charge is -2.11. The van der Waals surface area contributed by atoms with Crippen LogP contribution in [-0.4, -0.2) is 11.9 Å². The number of benzene rings is 1. The molecule has 88 valence electrons. The van der Waals surface area contributed by atoms with Crippen LogP contribution in [0.5, 0.6) is 0 Å². The average molecular weight is 228 g/mol. The zero-order valence-corrected chi connectivity index (χ0v) is 8.97. The Bertz CT molecular complexity index is 382. The van der Waals surface area contributed by atoms with Gasteiger partial charge in [-0.15, -0.1) is 0 Å². The molecular weight excluding hydrogens is 214 g/mol. The molecule has 0 aliphatic carbocycles. The minimum Gasteiger partial charge on any atom is -0.322 e. The number of carbonyl (C=O) groups excluding carboxylic acids is 1. The Kier molecular flexibility index (Phi) is 4.37. The Balaban J connectivity index is 2.72. The van der Waals surface area contributed by atoms with Crippen molar-refractivity contribution in [3.8, 4) is 0 Å². The van der Waals surface area contributed by atoms with Gasteiger partial charge in [-0.2, -0.15) is 0 Å². The number of carbonyl (C=O) groups is 1. The molecular formula is C11H14F2N2O. The number of anilines is 1. The lowest BCUT2D eigenvalue weighted by molar-refractivity contribution is -0.117. The van der Waals surface area contributed by atoms with Crippen molar-refractivity contribution in [2.45, 2.75) is 25.8 Å². The average Bonchev–Trinajstić information content (AvgIpc) is 2.23. The molecule has 0 bridgehead atoms. The summed E-state index contributed by atoms with van der Waals surface area (Å²) in [5.74, 6) is -1.80. The molecule has 1 aromatic carbocycles. The number of hydrogen-bond acceptors (Lipinski definition) is 2. The molecule has 1 aromatic rings. The van der Waals surface area contributed by atoms with E-state index in [1.54, 1.807) is 0 Å². The lowest BCUT2D eigenvalue weighted by Crippen LogP contribution is -2.35. The Morgan fingerprint density at radius 3 is 2.81 bits per heavy atom. The summed E-state index contributed by atoms with van der Waals surface area (Å²) in [6.07, 6.45) is 1.25. The molecule has 3 N–H and O–H groups in total. The Hall–Kier alpha value is -1.49. The molecule has 0 aliphatic heterocycles. The maximum Gasteiger partial charge on any atom is 0.241 e. The van der Waals surface area contributed by atoms with E-state index in [1.165, 1.54) is 0 Å². The van der Waals surface area contributed by atoms with Crippen molar-refractivity contribution in [2.24, 2.45) is 5.73 Å². The van der Waals surface area contributed by atoms with Gasteiger partial charge in [0.1, 0.15) is 11.6 Å². The van der Waals surface area contributed by atoms with Gasteiger partial charge in [0.25, 0.3) is 0 Å². The highest BCUT2D eigenvalue weighted by Crippen LogP contribution is 2.15. The number of nitrogens with one attached hydrogen (secondary N) is 1. The molecule has 0 unspecified atom stereocenters. The van der Waals surface area contributed by atoms with Crippen LogP contribution in [0.25, 0.3) is 0 Å². The smallest absolute Gasteiger partial charge is 0.241 e. The van der Waals surface area contributed by atoms with E-state index in [9.17, 15) is 13.6 Å². The molecule has 0 spiro atoms. The monoisotopic (exact) mass is 228 g/mol. The third-order valence-electron chi connectivity index (χ3n) is 2.12. The SMILES string of the molecule is CCC[C@@H](N)C(=O)Nc1cc(F)ccc1F. The van der Waals surface area contributed by atoms with Gasteiger partial charge in [0, 0.05) is 6.07 Å². The molecule has 16 heavy (non-hydrogen) atoms. The van der Waals surface area contributed by atoms with Crippen LogP contribution in [0.3, 0.4) is 0 Å². The van der Waals surface area contributed by atoms with Crippen LogP contribution in [0.2, 0.25) is 0 Å². The van der Waals surface area contributed by atoms with Gasteiger partial charge in [0.15, 0.2) is 0 Å².